The molecule has 0 saturated heterocycles. The summed E-state index contributed by atoms with van der Waals surface area (Å²) in [6, 6.07) is 5.19. The number of hydrogen-bond acceptors (Lipinski definition) is 4. The van der Waals surface area contributed by atoms with Gasteiger partial charge in [-0.15, -0.1) is 0 Å². The molecule has 18 heavy (non-hydrogen) atoms. The molecule has 5 nitrogen and oxygen atoms in total. The van der Waals surface area contributed by atoms with Crippen molar-refractivity contribution in [3.63, 3.8) is 0 Å². The number of nitro groups is 1. The van der Waals surface area contributed by atoms with Gasteiger partial charge in [-0.1, -0.05) is 17.7 Å². The third-order valence-corrected chi connectivity index (χ3v) is 3.02. The monoisotopic (exact) mass is 270 g/mol. The van der Waals surface area contributed by atoms with Gasteiger partial charge in [0.15, 0.2) is 0 Å². The molecule has 0 radical (unpaired) electrons. The van der Waals surface area contributed by atoms with Crippen LogP contribution in [0.5, 0.6) is 5.75 Å². The largest absolute Gasteiger partial charge is 0.486 e. The predicted octanol–water partition coefficient (Wildman–Crippen LogP) is 2.77. The van der Waals surface area contributed by atoms with Crippen molar-refractivity contribution in [1.29, 1.82) is 0 Å². The minimum atomic E-state index is -0.482. The molecule has 98 valence electrons. The third-order valence-electron chi connectivity index (χ3n) is 2.72. The van der Waals surface area contributed by atoms with Crippen LogP contribution in [0.1, 0.15) is 19.3 Å². The summed E-state index contributed by atoms with van der Waals surface area (Å²) < 4.78 is 5.42. The van der Waals surface area contributed by atoms with Crippen molar-refractivity contribution < 1.29 is 9.66 Å². The molecule has 1 N–H and O–H groups in total. The van der Waals surface area contributed by atoms with Gasteiger partial charge in [-0.2, -0.15) is 0 Å². The molecule has 0 heterocycles. The molecule has 2 rings (SSSR count). The molecule has 0 amide bonds. The van der Waals surface area contributed by atoms with Crippen molar-refractivity contribution in [3.05, 3.63) is 33.3 Å². The number of nitrogens with zero attached hydrogens (tertiary/aromatic N) is 1. The molecular formula is C12H15ClN2O3. The lowest BCUT2D eigenvalue weighted by Gasteiger charge is -2.08. The number of ether oxygens (including phenoxy) is 1. The van der Waals surface area contributed by atoms with Gasteiger partial charge < -0.3 is 10.1 Å². The lowest BCUT2D eigenvalue weighted by molar-refractivity contribution is -0.385. The highest BCUT2D eigenvalue weighted by Crippen LogP contribution is 2.34. The van der Waals surface area contributed by atoms with Gasteiger partial charge in [-0.25, -0.2) is 0 Å². The molecule has 0 atom stereocenters. The van der Waals surface area contributed by atoms with Crippen LogP contribution >= 0.6 is 11.6 Å². The Labute approximate surface area is 110 Å². The second-order valence-corrected chi connectivity index (χ2v) is 4.68. The highest BCUT2D eigenvalue weighted by Gasteiger charge is 2.20. The number of hydrogen-bond donors (Lipinski definition) is 1. The molecule has 1 fully saturated rings. The van der Waals surface area contributed by atoms with Crippen LogP contribution in [0.15, 0.2) is 18.2 Å². The van der Waals surface area contributed by atoms with Gasteiger partial charge in [0.05, 0.1) is 16.6 Å². The zero-order chi connectivity index (χ0) is 13.0. The summed E-state index contributed by atoms with van der Waals surface area (Å²) in [6.45, 7) is 1.28. The van der Waals surface area contributed by atoms with Crippen LogP contribution in [0.25, 0.3) is 0 Å². The maximum Gasteiger partial charge on any atom is 0.312 e. The Hall–Kier alpha value is -1.33. The maximum absolute atomic E-state index is 10.8. The fourth-order valence-corrected chi connectivity index (χ4v) is 1.85. The van der Waals surface area contributed by atoms with Crippen LogP contribution in [0, 0.1) is 10.1 Å². The van der Waals surface area contributed by atoms with Crippen molar-refractivity contribution >= 4 is 17.3 Å². The van der Waals surface area contributed by atoms with Gasteiger partial charge in [0.2, 0.25) is 5.75 Å². The minimum Gasteiger partial charge on any atom is -0.486 e. The molecule has 0 aliphatic heterocycles. The first kappa shape index (κ1) is 13.1. The average molecular weight is 271 g/mol. The summed E-state index contributed by atoms with van der Waals surface area (Å²) in [6.07, 6.45) is 3.30. The van der Waals surface area contributed by atoms with E-state index < -0.39 is 4.92 Å². The molecule has 0 bridgehead atoms. The Kier molecular flexibility index (Phi) is 4.38. The number of para-hydroxylation sites is 1. The van der Waals surface area contributed by atoms with Crippen LogP contribution in [0.2, 0.25) is 5.02 Å². The van der Waals surface area contributed by atoms with E-state index in [1.54, 1.807) is 12.1 Å². The Morgan fingerprint density at radius 2 is 2.28 bits per heavy atom. The molecule has 1 aromatic carbocycles. The van der Waals surface area contributed by atoms with Crippen LogP contribution in [-0.2, 0) is 0 Å². The SMILES string of the molecule is O=[N+]([O-])c1cccc(Cl)c1OCCCNC1CC1. The lowest BCUT2D eigenvalue weighted by Crippen LogP contribution is -2.19. The van der Waals surface area contributed by atoms with E-state index in [2.05, 4.69) is 5.32 Å². The number of nitro benzene ring substituents is 1. The van der Waals surface area contributed by atoms with Crippen molar-refractivity contribution in [2.24, 2.45) is 0 Å². The highest BCUT2D eigenvalue weighted by molar-refractivity contribution is 6.32. The van der Waals surface area contributed by atoms with Crippen LogP contribution in [0.3, 0.4) is 0 Å². The highest BCUT2D eigenvalue weighted by atomic mass is 35.5. The number of benzene rings is 1. The Bertz CT molecular complexity index is 435. The van der Waals surface area contributed by atoms with Gasteiger partial charge >= 0.3 is 5.69 Å². The molecule has 0 spiro atoms. The Balaban J connectivity index is 1.84. The van der Waals surface area contributed by atoms with Gasteiger partial charge in [-0.05, 0) is 31.9 Å². The summed E-state index contributed by atoms with van der Waals surface area (Å²) in [5.74, 6) is 0.163. The summed E-state index contributed by atoms with van der Waals surface area (Å²) in [4.78, 5) is 10.3. The van der Waals surface area contributed by atoms with Gasteiger partial charge in [-0.3, -0.25) is 10.1 Å². The van der Waals surface area contributed by atoms with Gasteiger partial charge in [0.25, 0.3) is 0 Å². The van der Waals surface area contributed by atoms with Gasteiger partial charge in [0.1, 0.15) is 0 Å². The van der Waals surface area contributed by atoms with E-state index >= 15 is 0 Å². The Morgan fingerprint density at radius 3 is 2.94 bits per heavy atom. The smallest absolute Gasteiger partial charge is 0.312 e. The van der Waals surface area contributed by atoms with Crippen LogP contribution in [0.4, 0.5) is 5.69 Å². The van der Waals surface area contributed by atoms with Gasteiger partial charge in [0, 0.05) is 12.1 Å². The summed E-state index contributed by atoms with van der Waals surface area (Å²) >= 11 is 5.90. The number of rotatable bonds is 7. The molecule has 1 aromatic rings. The standard InChI is InChI=1S/C12H15ClN2O3/c13-10-3-1-4-11(15(16)17)12(10)18-8-2-7-14-9-5-6-9/h1,3-4,9,14H,2,5-8H2. The first-order chi connectivity index (χ1) is 8.68. The topological polar surface area (TPSA) is 64.4 Å². The van der Waals surface area contributed by atoms with Crippen molar-refractivity contribution in [3.8, 4) is 5.75 Å². The number of halogens is 1. The summed E-state index contributed by atoms with van der Waals surface area (Å²) in [7, 11) is 0. The minimum absolute atomic E-state index is 0.0855. The molecular weight excluding hydrogens is 256 g/mol. The fourth-order valence-electron chi connectivity index (χ4n) is 1.62. The zero-order valence-corrected chi connectivity index (χ0v) is 10.7. The first-order valence-corrected chi connectivity index (χ1v) is 6.35. The van der Waals surface area contributed by atoms with E-state index in [0.717, 1.165) is 13.0 Å². The van der Waals surface area contributed by atoms with E-state index in [1.165, 1.54) is 18.9 Å². The summed E-state index contributed by atoms with van der Waals surface area (Å²) in [5.41, 5.74) is -0.0855. The molecule has 1 aliphatic rings. The normalized spacial score (nSPS) is 14.5. The van der Waals surface area contributed by atoms with Crippen molar-refractivity contribution in [2.45, 2.75) is 25.3 Å². The van der Waals surface area contributed by atoms with E-state index in [9.17, 15) is 10.1 Å². The van der Waals surface area contributed by atoms with E-state index in [-0.39, 0.29) is 16.5 Å². The first-order valence-electron chi connectivity index (χ1n) is 5.97. The van der Waals surface area contributed by atoms with E-state index in [4.69, 9.17) is 16.3 Å². The van der Waals surface area contributed by atoms with E-state index in [0.29, 0.717) is 12.6 Å². The molecule has 0 unspecified atom stereocenters. The fraction of sp³-hybridized carbons (Fsp3) is 0.500. The van der Waals surface area contributed by atoms with Crippen LogP contribution < -0.4 is 10.1 Å². The van der Waals surface area contributed by atoms with Crippen molar-refractivity contribution in [2.75, 3.05) is 13.2 Å². The quantitative estimate of drug-likeness (QED) is 0.470. The predicted molar refractivity (Wildman–Crippen MR) is 69.2 cm³/mol. The molecule has 1 saturated carbocycles. The Morgan fingerprint density at radius 1 is 1.50 bits per heavy atom. The van der Waals surface area contributed by atoms with Crippen molar-refractivity contribution in [1.82, 2.24) is 5.32 Å². The molecule has 0 aromatic heterocycles. The second kappa shape index (κ2) is 6.02. The molecule has 1 aliphatic carbocycles. The third kappa shape index (κ3) is 3.58. The van der Waals surface area contributed by atoms with E-state index in [1.807, 2.05) is 0 Å². The zero-order valence-electron chi connectivity index (χ0n) is 9.89. The summed E-state index contributed by atoms with van der Waals surface area (Å²) in [5, 5.41) is 14.4. The average Bonchev–Trinajstić information content (AvgIpc) is 3.14. The maximum atomic E-state index is 10.8. The lowest BCUT2D eigenvalue weighted by atomic mass is 10.3. The van der Waals surface area contributed by atoms with Crippen LogP contribution in [-0.4, -0.2) is 24.1 Å². The molecule has 6 heteroatoms. The second-order valence-electron chi connectivity index (χ2n) is 4.28. The number of nitrogens with one attached hydrogen (secondary N) is 1.